The van der Waals surface area contributed by atoms with E-state index in [1.54, 1.807) is 4.68 Å². The lowest BCUT2D eigenvalue weighted by atomic mass is 10.0. The lowest BCUT2D eigenvalue weighted by Crippen LogP contribution is -2.36. The molecule has 2 aromatic heterocycles. The molecule has 8 heteroatoms. The molecular formula is C26H33N7O. The molecule has 2 aromatic carbocycles. The number of nitrogens with one attached hydrogen (secondary N) is 1. The first-order valence-electron chi connectivity index (χ1n) is 12.0. The van der Waals surface area contributed by atoms with Crippen LogP contribution in [0.15, 0.2) is 53.3 Å². The lowest BCUT2D eigenvalue weighted by molar-refractivity contribution is 0.339. The van der Waals surface area contributed by atoms with Crippen LogP contribution in [0.2, 0.25) is 0 Å². The highest BCUT2D eigenvalue weighted by Gasteiger charge is 2.22. The molecule has 4 rings (SSSR count). The first-order valence-corrected chi connectivity index (χ1v) is 12.0. The fourth-order valence-corrected chi connectivity index (χ4v) is 4.04. The van der Waals surface area contributed by atoms with Crippen LogP contribution in [0, 0.1) is 0 Å². The van der Waals surface area contributed by atoms with E-state index < -0.39 is 0 Å². The zero-order valence-corrected chi connectivity index (χ0v) is 20.5. The van der Waals surface area contributed by atoms with Gasteiger partial charge in [0.1, 0.15) is 5.82 Å². The number of aryl methyl sites for hydroxylation is 1. The molecule has 2 heterocycles. The van der Waals surface area contributed by atoms with Gasteiger partial charge in [-0.1, -0.05) is 68.7 Å². The molecule has 0 saturated carbocycles. The average molecular weight is 460 g/mol. The summed E-state index contributed by atoms with van der Waals surface area (Å²) < 4.78 is 3.46. The molecule has 0 aliphatic carbocycles. The van der Waals surface area contributed by atoms with Gasteiger partial charge in [-0.3, -0.25) is 4.57 Å². The van der Waals surface area contributed by atoms with Gasteiger partial charge in [-0.25, -0.2) is 14.6 Å². The van der Waals surface area contributed by atoms with Crippen LogP contribution in [-0.4, -0.2) is 35.0 Å². The largest absolute Gasteiger partial charge is 0.346 e. The Kier molecular flexibility index (Phi) is 7.05. The van der Waals surface area contributed by atoms with E-state index >= 15 is 0 Å². The van der Waals surface area contributed by atoms with E-state index in [0.717, 1.165) is 47.3 Å². The second-order valence-corrected chi connectivity index (χ2v) is 9.71. The second kappa shape index (κ2) is 10.2. The molecule has 0 amide bonds. The van der Waals surface area contributed by atoms with Crippen molar-refractivity contribution in [2.45, 2.75) is 71.9 Å². The molecule has 0 bridgehead atoms. The van der Waals surface area contributed by atoms with Gasteiger partial charge in [-0.05, 0) is 60.4 Å². The maximum atomic E-state index is 13.2. The fourth-order valence-electron chi connectivity index (χ4n) is 4.04. The third-order valence-corrected chi connectivity index (χ3v) is 5.94. The molecule has 0 aliphatic rings. The third-order valence-electron chi connectivity index (χ3n) is 5.94. The minimum Gasteiger partial charge on any atom is -0.274 e. The van der Waals surface area contributed by atoms with Crippen LogP contribution < -0.4 is 5.69 Å². The number of hydrogen-bond donors (Lipinski definition) is 1. The molecule has 1 N–H and O–H groups in total. The molecule has 0 atom stereocenters. The van der Waals surface area contributed by atoms with E-state index in [1.165, 1.54) is 12.8 Å². The third kappa shape index (κ3) is 5.32. The number of unbranched alkanes of at least 4 members (excludes halogenated alkanes) is 3. The Balaban J connectivity index is 1.57. The Morgan fingerprint density at radius 2 is 1.71 bits per heavy atom. The van der Waals surface area contributed by atoms with Gasteiger partial charge in [0.2, 0.25) is 0 Å². The first-order chi connectivity index (χ1) is 16.4. The Morgan fingerprint density at radius 3 is 2.38 bits per heavy atom. The van der Waals surface area contributed by atoms with Crippen molar-refractivity contribution in [3.8, 4) is 22.5 Å². The topological polar surface area (TPSA) is 94.3 Å². The number of rotatable bonds is 9. The summed E-state index contributed by atoms with van der Waals surface area (Å²) in [6, 6.07) is 16.4. The number of hydrogen-bond acceptors (Lipinski definition) is 5. The van der Waals surface area contributed by atoms with Gasteiger partial charge < -0.3 is 0 Å². The molecule has 0 fully saturated rings. The molecule has 0 radical (unpaired) electrons. The Labute approximate surface area is 200 Å². The number of tetrazole rings is 1. The second-order valence-electron chi connectivity index (χ2n) is 9.71. The quantitative estimate of drug-likeness (QED) is 0.362. The minimum absolute atomic E-state index is 0.0459. The molecule has 34 heavy (non-hydrogen) atoms. The van der Waals surface area contributed by atoms with Crippen LogP contribution in [0.4, 0.5) is 0 Å². The van der Waals surface area contributed by atoms with Gasteiger partial charge in [0.25, 0.3) is 0 Å². The highest BCUT2D eigenvalue weighted by Crippen LogP contribution is 2.25. The van der Waals surface area contributed by atoms with Gasteiger partial charge >= 0.3 is 5.69 Å². The van der Waals surface area contributed by atoms with E-state index in [-0.39, 0.29) is 11.2 Å². The zero-order valence-electron chi connectivity index (χ0n) is 20.5. The standard InChI is InChI=1S/C26H33N7O/c1-5-6-7-8-12-23-29-33(26(2,3)4)25(34)32(23)18-19-13-15-20(16-14-19)21-10-9-11-22(17-21)24-27-30-31-28-24/h9-11,13-17H,5-8,12,18H2,1-4H3,(H,27,28,30,31). The van der Waals surface area contributed by atoms with Crippen molar-refractivity contribution in [2.24, 2.45) is 0 Å². The fraction of sp³-hybridized carbons (Fsp3) is 0.423. The van der Waals surface area contributed by atoms with Gasteiger partial charge in [0.05, 0.1) is 12.1 Å². The minimum atomic E-state index is -0.353. The SMILES string of the molecule is CCCCCCc1nn(C(C)(C)C)c(=O)n1Cc1ccc(-c2cccc(-c3nnn[nH]3)c2)cc1. The molecule has 0 spiro atoms. The number of aromatic amines is 1. The maximum Gasteiger partial charge on any atom is 0.346 e. The monoisotopic (exact) mass is 459 g/mol. The Bertz CT molecular complexity index is 1260. The number of aromatic nitrogens is 7. The van der Waals surface area contributed by atoms with Crippen molar-refractivity contribution in [1.82, 2.24) is 35.0 Å². The summed E-state index contributed by atoms with van der Waals surface area (Å²) in [5, 5.41) is 18.8. The number of H-pyrrole nitrogens is 1. The van der Waals surface area contributed by atoms with Crippen molar-refractivity contribution in [3.05, 3.63) is 70.4 Å². The molecular weight excluding hydrogens is 426 g/mol. The number of nitrogens with zero attached hydrogens (tertiary/aromatic N) is 6. The van der Waals surface area contributed by atoms with Crippen LogP contribution in [0.5, 0.6) is 0 Å². The predicted molar refractivity (Wildman–Crippen MR) is 133 cm³/mol. The van der Waals surface area contributed by atoms with Gasteiger partial charge in [0.15, 0.2) is 5.82 Å². The van der Waals surface area contributed by atoms with E-state index in [2.05, 4.69) is 63.9 Å². The molecule has 4 aromatic rings. The van der Waals surface area contributed by atoms with E-state index in [0.29, 0.717) is 12.4 Å². The summed E-state index contributed by atoms with van der Waals surface area (Å²) in [6.45, 7) is 8.77. The summed E-state index contributed by atoms with van der Waals surface area (Å²) >= 11 is 0. The normalized spacial score (nSPS) is 11.8. The molecule has 8 nitrogen and oxygen atoms in total. The van der Waals surface area contributed by atoms with Crippen LogP contribution in [0.3, 0.4) is 0 Å². The lowest BCUT2D eigenvalue weighted by Gasteiger charge is -2.16. The van der Waals surface area contributed by atoms with Crippen LogP contribution >= 0.6 is 0 Å². The van der Waals surface area contributed by atoms with Crippen LogP contribution in [0.1, 0.15) is 64.8 Å². The average Bonchev–Trinajstić information content (AvgIpc) is 3.47. The summed E-state index contributed by atoms with van der Waals surface area (Å²) in [4.78, 5) is 13.2. The van der Waals surface area contributed by atoms with Gasteiger partial charge in [0, 0.05) is 12.0 Å². The van der Waals surface area contributed by atoms with Crippen molar-refractivity contribution >= 4 is 0 Å². The van der Waals surface area contributed by atoms with Crippen molar-refractivity contribution in [3.63, 3.8) is 0 Å². The maximum absolute atomic E-state index is 13.2. The van der Waals surface area contributed by atoms with Crippen LogP contribution in [0.25, 0.3) is 22.5 Å². The highest BCUT2D eigenvalue weighted by atomic mass is 16.2. The molecule has 0 aliphatic heterocycles. The van der Waals surface area contributed by atoms with Crippen molar-refractivity contribution in [2.75, 3.05) is 0 Å². The highest BCUT2D eigenvalue weighted by molar-refractivity contribution is 5.70. The zero-order chi connectivity index (χ0) is 24.1. The van der Waals surface area contributed by atoms with E-state index in [1.807, 2.05) is 37.5 Å². The summed E-state index contributed by atoms with van der Waals surface area (Å²) in [5.41, 5.74) is 3.78. The van der Waals surface area contributed by atoms with Gasteiger partial charge in [-0.2, -0.15) is 5.10 Å². The summed E-state index contributed by atoms with van der Waals surface area (Å²) in [5.74, 6) is 1.51. The van der Waals surface area contributed by atoms with Gasteiger partial charge in [-0.15, -0.1) is 5.10 Å². The summed E-state index contributed by atoms with van der Waals surface area (Å²) in [7, 11) is 0. The van der Waals surface area contributed by atoms with Crippen molar-refractivity contribution in [1.29, 1.82) is 0 Å². The first kappa shape index (κ1) is 23.6. The van der Waals surface area contributed by atoms with E-state index in [9.17, 15) is 4.79 Å². The molecule has 0 saturated heterocycles. The summed E-state index contributed by atoms with van der Waals surface area (Å²) in [6.07, 6.45) is 5.42. The van der Waals surface area contributed by atoms with Crippen molar-refractivity contribution < 1.29 is 0 Å². The predicted octanol–water partition coefficient (Wildman–Crippen LogP) is 4.82. The Morgan fingerprint density at radius 1 is 0.941 bits per heavy atom. The Hall–Kier alpha value is -3.55. The molecule has 178 valence electrons. The number of benzene rings is 2. The van der Waals surface area contributed by atoms with Crippen LogP contribution in [-0.2, 0) is 18.5 Å². The van der Waals surface area contributed by atoms with E-state index in [4.69, 9.17) is 5.10 Å². The smallest absolute Gasteiger partial charge is 0.274 e. The molecule has 0 unspecified atom stereocenters.